The van der Waals surface area contributed by atoms with Crippen molar-refractivity contribution in [2.24, 2.45) is 17.3 Å². The molecule has 5 aliphatic carbocycles. The number of nitrogens with one attached hydrogen (secondary N) is 1. The predicted octanol–water partition coefficient (Wildman–Crippen LogP) is 2.31. The van der Waals surface area contributed by atoms with E-state index >= 15 is 0 Å². The van der Waals surface area contributed by atoms with Crippen LogP contribution in [0, 0.1) is 17.3 Å². The highest BCUT2D eigenvalue weighted by Gasteiger charge is 2.61. The molecular weight excluding hydrogens is 306 g/mol. The quantitative estimate of drug-likeness (QED) is 0.773. The lowest BCUT2D eigenvalue weighted by Crippen LogP contribution is -2.59. The molecule has 134 valence electrons. The molecule has 3 atom stereocenters. The van der Waals surface area contributed by atoms with E-state index in [1.807, 2.05) is 0 Å². The lowest BCUT2D eigenvalue weighted by Gasteiger charge is -2.58. The van der Waals surface area contributed by atoms with Gasteiger partial charge in [-0.05, 0) is 70.1 Å². The standard InChI is InChI=1S/C19H29NO4/c1-12(16(21)20-15-4-2-3-5-15)24-17(22)18-7-13-6-14(8-18)10-19(23,9-13)11-18/h12-15,23H,2-11H2,1H3,(H,20,21). The number of aliphatic hydroxyl groups is 1. The van der Waals surface area contributed by atoms with Crippen molar-refractivity contribution in [1.82, 2.24) is 5.32 Å². The van der Waals surface area contributed by atoms with Crippen LogP contribution in [0.15, 0.2) is 0 Å². The summed E-state index contributed by atoms with van der Waals surface area (Å²) in [4.78, 5) is 25.2. The highest BCUT2D eigenvalue weighted by atomic mass is 16.5. The first-order valence-electron chi connectivity index (χ1n) is 9.61. The van der Waals surface area contributed by atoms with Crippen LogP contribution in [-0.2, 0) is 14.3 Å². The monoisotopic (exact) mass is 335 g/mol. The maximum atomic E-state index is 12.9. The van der Waals surface area contributed by atoms with Gasteiger partial charge >= 0.3 is 5.97 Å². The Morgan fingerprint density at radius 3 is 2.33 bits per heavy atom. The van der Waals surface area contributed by atoms with Crippen LogP contribution in [0.25, 0.3) is 0 Å². The zero-order valence-corrected chi connectivity index (χ0v) is 14.6. The Balaban J connectivity index is 1.39. The zero-order chi connectivity index (χ0) is 16.9. The summed E-state index contributed by atoms with van der Waals surface area (Å²) in [7, 11) is 0. The SMILES string of the molecule is CC(OC(=O)C12CC3CC(CC(O)(C3)C1)C2)C(=O)NC1CCCC1. The predicted molar refractivity (Wildman–Crippen MR) is 88.0 cm³/mol. The van der Waals surface area contributed by atoms with Gasteiger partial charge in [0.05, 0.1) is 11.0 Å². The van der Waals surface area contributed by atoms with Crippen molar-refractivity contribution in [3.8, 4) is 0 Å². The molecule has 5 aliphatic rings. The second kappa shape index (κ2) is 5.72. The smallest absolute Gasteiger partial charge is 0.312 e. The highest BCUT2D eigenvalue weighted by Crippen LogP contribution is 2.62. The van der Waals surface area contributed by atoms with E-state index in [1.54, 1.807) is 6.92 Å². The number of rotatable bonds is 4. The average molecular weight is 335 g/mol. The molecule has 5 heteroatoms. The van der Waals surface area contributed by atoms with Crippen LogP contribution in [0.2, 0.25) is 0 Å². The lowest BCUT2D eigenvalue weighted by atomic mass is 9.48. The molecule has 0 aliphatic heterocycles. The fourth-order valence-electron chi connectivity index (χ4n) is 6.18. The molecule has 1 amide bonds. The fraction of sp³-hybridized carbons (Fsp3) is 0.895. The Morgan fingerprint density at radius 2 is 1.75 bits per heavy atom. The molecular formula is C19H29NO4. The lowest BCUT2D eigenvalue weighted by molar-refractivity contribution is -0.200. The third-order valence-electron chi connectivity index (χ3n) is 6.82. The van der Waals surface area contributed by atoms with Crippen molar-refractivity contribution in [2.75, 3.05) is 0 Å². The minimum absolute atomic E-state index is 0.182. The minimum Gasteiger partial charge on any atom is -0.452 e. The molecule has 0 aromatic carbocycles. The Labute approximate surface area is 143 Å². The number of carbonyl (C=O) groups excluding carboxylic acids is 2. The van der Waals surface area contributed by atoms with Crippen LogP contribution in [0.4, 0.5) is 0 Å². The van der Waals surface area contributed by atoms with E-state index in [4.69, 9.17) is 4.74 Å². The molecule has 3 unspecified atom stereocenters. The third kappa shape index (κ3) is 2.85. The Hall–Kier alpha value is -1.10. The first kappa shape index (κ1) is 16.4. The van der Waals surface area contributed by atoms with Crippen LogP contribution >= 0.6 is 0 Å². The topological polar surface area (TPSA) is 75.6 Å². The summed E-state index contributed by atoms with van der Waals surface area (Å²) in [6.45, 7) is 1.66. The van der Waals surface area contributed by atoms with Gasteiger partial charge in [0.15, 0.2) is 6.10 Å². The van der Waals surface area contributed by atoms with Gasteiger partial charge in [-0.2, -0.15) is 0 Å². The zero-order valence-electron chi connectivity index (χ0n) is 14.6. The summed E-state index contributed by atoms with van der Waals surface area (Å²) in [5, 5.41) is 13.8. The Bertz CT molecular complexity index is 525. The van der Waals surface area contributed by atoms with E-state index in [2.05, 4.69) is 5.32 Å². The van der Waals surface area contributed by atoms with Gasteiger partial charge in [-0.3, -0.25) is 9.59 Å². The molecule has 5 fully saturated rings. The van der Waals surface area contributed by atoms with Crippen molar-refractivity contribution in [1.29, 1.82) is 0 Å². The van der Waals surface area contributed by atoms with Crippen molar-refractivity contribution in [3.63, 3.8) is 0 Å². The van der Waals surface area contributed by atoms with E-state index in [-0.39, 0.29) is 17.9 Å². The second-order valence-corrected chi connectivity index (χ2v) is 9.00. The maximum Gasteiger partial charge on any atom is 0.312 e. The average Bonchev–Trinajstić information content (AvgIpc) is 2.97. The molecule has 4 bridgehead atoms. The first-order chi connectivity index (χ1) is 11.4. The van der Waals surface area contributed by atoms with Gasteiger partial charge in [0.1, 0.15) is 0 Å². The summed E-state index contributed by atoms with van der Waals surface area (Å²) in [6, 6.07) is 0.235. The maximum absolute atomic E-state index is 12.9. The van der Waals surface area contributed by atoms with Gasteiger partial charge in [-0.15, -0.1) is 0 Å². The number of hydrogen-bond acceptors (Lipinski definition) is 4. The van der Waals surface area contributed by atoms with Gasteiger partial charge in [0, 0.05) is 6.04 Å². The largest absolute Gasteiger partial charge is 0.452 e. The Morgan fingerprint density at radius 1 is 1.12 bits per heavy atom. The molecule has 0 heterocycles. The van der Waals surface area contributed by atoms with Gasteiger partial charge in [0.2, 0.25) is 0 Å². The van der Waals surface area contributed by atoms with Gasteiger partial charge in [-0.1, -0.05) is 12.8 Å². The summed E-state index contributed by atoms with van der Waals surface area (Å²) >= 11 is 0. The van der Waals surface area contributed by atoms with E-state index in [0.29, 0.717) is 18.3 Å². The number of hydrogen-bond donors (Lipinski definition) is 2. The van der Waals surface area contributed by atoms with Crippen molar-refractivity contribution >= 4 is 11.9 Å². The van der Waals surface area contributed by atoms with Gasteiger partial charge < -0.3 is 15.2 Å². The minimum atomic E-state index is -0.749. The molecule has 5 rings (SSSR count). The van der Waals surface area contributed by atoms with Crippen molar-refractivity contribution < 1.29 is 19.4 Å². The summed E-state index contributed by atoms with van der Waals surface area (Å²) in [6.07, 6.45) is 8.56. The Kier molecular flexibility index (Phi) is 3.90. The van der Waals surface area contributed by atoms with E-state index in [9.17, 15) is 14.7 Å². The van der Waals surface area contributed by atoms with Crippen LogP contribution in [-0.4, -0.2) is 34.7 Å². The second-order valence-electron chi connectivity index (χ2n) is 9.00. The third-order valence-corrected chi connectivity index (χ3v) is 6.82. The molecule has 5 nitrogen and oxygen atoms in total. The number of esters is 1. The van der Waals surface area contributed by atoms with Gasteiger partial charge in [0.25, 0.3) is 5.91 Å². The van der Waals surface area contributed by atoms with Crippen molar-refractivity contribution in [3.05, 3.63) is 0 Å². The summed E-state index contributed by atoms with van der Waals surface area (Å²) < 4.78 is 5.59. The number of amides is 1. The molecule has 0 spiro atoms. The normalized spacial score (nSPS) is 42.1. The molecule has 0 radical (unpaired) electrons. The molecule has 0 aromatic rings. The summed E-state index contributed by atoms with van der Waals surface area (Å²) in [5.74, 6) is 0.431. The molecule has 0 saturated heterocycles. The van der Waals surface area contributed by atoms with Crippen molar-refractivity contribution in [2.45, 2.75) is 88.9 Å². The highest BCUT2D eigenvalue weighted by molar-refractivity contribution is 5.85. The fourth-order valence-corrected chi connectivity index (χ4v) is 6.18. The van der Waals surface area contributed by atoms with Crippen LogP contribution in [0.5, 0.6) is 0 Å². The van der Waals surface area contributed by atoms with E-state index in [1.165, 1.54) is 0 Å². The molecule has 24 heavy (non-hydrogen) atoms. The molecule has 0 aromatic heterocycles. The molecule has 2 N–H and O–H groups in total. The first-order valence-corrected chi connectivity index (χ1v) is 9.61. The summed E-state index contributed by atoms with van der Waals surface area (Å²) in [5.41, 5.74) is -1.24. The molecule has 5 saturated carbocycles. The number of ether oxygens (including phenoxy) is 1. The van der Waals surface area contributed by atoms with Crippen LogP contribution in [0.1, 0.15) is 71.1 Å². The number of carbonyl (C=O) groups is 2. The van der Waals surface area contributed by atoms with Gasteiger partial charge in [-0.25, -0.2) is 0 Å². The van der Waals surface area contributed by atoms with Crippen LogP contribution in [0.3, 0.4) is 0 Å². The van der Waals surface area contributed by atoms with E-state index < -0.39 is 17.1 Å². The van der Waals surface area contributed by atoms with Crippen LogP contribution < -0.4 is 5.32 Å². The van der Waals surface area contributed by atoms with E-state index in [0.717, 1.165) is 57.8 Å².